The summed E-state index contributed by atoms with van der Waals surface area (Å²) in [6.45, 7) is 0.686. The third-order valence-electron chi connectivity index (χ3n) is 6.85. The van der Waals surface area contributed by atoms with E-state index in [9.17, 15) is 9.90 Å². The van der Waals surface area contributed by atoms with Crippen molar-refractivity contribution in [1.29, 1.82) is 0 Å². The highest BCUT2D eigenvalue weighted by Gasteiger charge is 2.47. The second kappa shape index (κ2) is 15.6. The molecule has 6 N–H and O–H groups in total. The number of ether oxygens (including phenoxy) is 4. The molecule has 1 fully saturated rings. The molecular weight excluding hydrogens is 560 g/mol. The van der Waals surface area contributed by atoms with E-state index in [4.69, 9.17) is 42.0 Å². The number of aliphatic hydroxyl groups is 1. The fourth-order valence-corrected chi connectivity index (χ4v) is 4.78. The molecule has 0 bridgehead atoms. The highest BCUT2D eigenvalue weighted by Crippen LogP contribution is 2.26. The number of methoxy groups -OCH3 is 1. The van der Waals surface area contributed by atoms with E-state index in [1.165, 1.54) is 7.11 Å². The number of rotatable bonds is 13. The van der Waals surface area contributed by atoms with E-state index in [-0.39, 0.29) is 38.0 Å². The summed E-state index contributed by atoms with van der Waals surface area (Å²) in [5, 5.41) is 14.6. The average Bonchev–Trinajstić information content (AvgIpc) is 2.99. The van der Waals surface area contributed by atoms with Crippen LogP contribution in [0.4, 0.5) is 0 Å². The van der Waals surface area contributed by atoms with E-state index in [2.05, 4.69) is 22.4 Å². The van der Waals surface area contributed by atoms with Crippen LogP contribution in [0.2, 0.25) is 5.02 Å². The molecule has 0 radical (unpaired) electrons. The van der Waals surface area contributed by atoms with Gasteiger partial charge in [-0.2, -0.15) is 0 Å². The number of halogens is 1. The molecule has 11 heteroatoms. The molecule has 224 valence electrons. The van der Waals surface area contributed by atoms with Crippen molar-refractivity contribution >= 4 is 23.5 Å². The van der Waals surface area contributed by atoms with Gasteiger partial charge in [0.15, 0.2) is 12.2 Å². The minimum atomic E-state index is -1.10. The van der Waals surface area contributed by atoms with Gasteiger partial charge in [0.05, 0.1) is 26.4 Å². The molecule has 1 aliphatic rings. The van der Waals surface area contributed by atoms with Gasteiger partial charge in [0.1, 0.15) is 24.4 Å². The number of carbonyl (C=O) groups excluding carboxylic acids is 1. The second-order valence-electron chi connectivity index (χ2n) is 9.90. The summed E-state index contributed by atoms with van der Waals surface area (Å²) >= 11 is 6.01. The number of nitrogens with one attached hydrogen (secondary N) is 1. The third-order valence-corrected chi connectivity index (χ3v) is 7.10. The molecule has 0 spiro atoms. The average molecular weight is 597 g/mol. The standard InChI is InChI=1S/C31H37ClN4O6/c1-39-29-27(36-26(37)15-16-35-31(33)34)30(41-18-21-9-13-24(32)14-10-21)42-25(28(29)38)19-40-17-20-7-11-23(12-8-20)22-5-3-2-4-6-22/h2-14,25,27-30,38H,15-19H2,1H3,(H,36,37)(H4,33,34,35)/t25-,27-,28-,29-,30?/m1/s1. The van der Waals surface area contributed by atoms with Crippen LogP contribution in [0.5, 0.6) is 0 Å². The largest absolute Gasteiger partial charge is 0.388 e. The highest BCUT2D eigenvalue weighted by atomic mass is 35.5. The smallest absolute Gasteiger partial charge is 0.222 e. The molecule has 0 saturated carbocycles. The maximum Gasteiger partial charge on any atom is 0.222 e. The predicted molar refractivity (Wildman–Crippen MR) is 160 cm³/mol. The summed E-state index contributed by atoms with van der Waals surface area (Å²) in [5.41, 5.74) is 14.8. The Morgan fingerprint density at radius 1 is 0.976 bits per heavy atom. The Balaban J connectivity index is 1.40. The van der Waals surface area contributed by atoms with Crippen LogP contribution in [0.1, 0.15) is 17.5 Å². The van der Waals surface area contributed by atoms with Crippen molar-refractivity contribution in [1.82, 2.24) is 5.32 Å². The molecule has 10 nitrogen and oxygen atoms in total. The Labute approximate surface area is 250 Å². The number of aliphatic imine (C=N–C) groups is 1. The van der Waals surface area contributed by atoms with Gasteiger partial charge in [0.25, 0.3) is 0 Å². The Hall–Kier alpha value is -3.51. The lowest BCUT2D eigenvalue weighted by Crippen LogP contribution is -2.65. The number of hydrogen-bond acceptors (Lipinski definition) is 7. The Morgan fingerprint density at radius 2 is 1.62 bits per heavy atom. The molecule has 42 heavy (non-hydrogen) atoms. The van der Waals surface area contributed by atoms with Crippen molar-refractivity contribution in [3.8, 4) is 11.1 Å². The minimum absolute atomic E-state index is 0.0282. The van der Waals surface area contributed by atoms with E-state index >= 15 is 0 Å². The van der Waals surface area contributed by atoms with Crippen LogP contribution in [-0.2, 0) is 37.0 Å². The monoisotopic (exact) mass is 596 g/mol. The normalized spacial score (nSPS) is 21.9. The lowest BCUT2D eigenvalue weighted by atomic mass is 9.96. The number of nitrogens with zero attached hydrogens (tertiary/aromatic N) is 1. The van der Waals surface area contributed by atoms with Gasteiger partial charge in [0.2, 0.25) is 5.91 Å². The molecule has 3 aromatic carbocycles. The molecule has 0 aromatic heterocycles. The topological polar surface area (TPSA) is 151 Å². The third kappa shape index (κ3) is 8.99. The van der Waals surface area contributed by atoms with E-state index in [1.54, 1.807) is 12.1 Å². The van der Waals surface area contributed by atoms with Gasteiger partial charge in [0, 0.05) is 18.6 Å². The molecule has 5 atom stereocenters. The zero-order chi connectivity index (χ0) is 29.9. The quantitative estimate of drug-likeness (QED) is 0.174. The SMILES string of the molecule is CO[C@H]1[C@H](O)[C@@H](COCc2ccc(-c3ccccc3)cc2)OC(OCc2ccc(Cl)cc2)[C@@H]1NC(=O)CCN=C(N)N. The van der Waals surface area contributed by atoms with Gasteiger partial charge in [-0.25, -0.2) is 0 Å². The molecule has 1 heterocycles. The van der Waals surface area contributed by atoms with Crippen molar-refractivity contribution < 1.29 is 28.8 Å². The van der Waals surface area contributed by atoms with E-state index in [0.29, 0.717) is 11.6 Å². The zero-order valence-corrected chi connectivity index (χ0v) is 24.2. The van der Waals surface area contributed by atoms with Gasteiger partial charge in [-0.15, -0.1) is 0 Å². The molecule has 0 aliphatic carbocycles. The van der Waals surface area contributed by atoms with E-state index in [1.807, 2.05) is 54.6 Å². The van der Waals surface area contributed by atoms with Crippen molar-refractivity contribution in [2.75, 3.05) is 20.3 Å². The lowest BCUT2D eigenvalue weighted by molar-refractivity contribution is -0.279. The first-order chi connectivity index (χ1) is 20.3. The Morgan fingerprint density at radius 3 is 2.29 bits per heavy atom. The number of carbonyl (C=O) groups is 1. The van der Waals surface area contributed by atoms with Crippen molar-refractivity contribution in [2.45, 2.75) is 50.3 Å². The zero-order valence-electron chi connectivity index (χ0n) is 23.4. The summed E-state index contributed by atoms with van der Waals surface area (Å²) < 4.78 is 23.9. The van der Waals surface area contributed by atoms with Gasteiger partial charge < -0.3 is 40.8 Å². The first-order valence-corrected chi connectivity index (χ1v) is 14.0. The second-order valence-corrected chi connectivity index (χ2v) is 10.3. The molecule has 3 aromatic rings. The lowest BCUT2D eigenvalue weighted by Gasteiger charge is -2.44. The summed E-state index contributed by atoms with van der Waals surface area (Å²) in [5.74, 6) is -0.454. The summed E-state index contributed by atoms with van der Waals surface area (Å²) in [7, 11) is 1.46. The van der Waals surface area contributed by atoms with Crippen LogP contribution in [0.15, 0.2) is 83.9 Å². The Kier molecular flexibility index (Phi) is 11.7. The van der Waals surface area contributed by atoms with Crippen LogP contribution in [-0.4, -0.2) is 67.9 Å². The highest BCUT2D eigenvalue weighted by molar-refractivity contribution is 6.30. The number of benzene rings is 3. The van der Waals surface area contributed by atoms with Crippen LogP contribution >= 0.6 is 11.6 Å². The summed E-state index contributed by atoms with van der Waals surface area (Å²) in [6, 6.07) is 24.6. The first kappa shape index (κ1) is 31.4. The minimum Gasteiger partial charge on any atom is -0.388 e. The molecular formula is C31H37ClN4O6. The van der Waals surface area contributed by atoms with Crippen molar-refractivity contribution in [3.63, 3.8) is 0 Å². The van der Waals surface area contributed by atoms with E-state index in [0.717, 1.165) is 22.3 Å². The van der Waals surface area contributed by atoms with Crippen LogP contribution in [0, 0.1) is 0 Å². The molecule has 1 amide bonds. The van der Waals surface area contributed by atoms with Gasteiger partial charge in [-0.1, -0.05) is 78.3 Å². The maximum atomic E-state index is 12.7. The molecule has 1 saturated heterocycles. The van der Waals surface area contributed by atoms with Crippen molar-refractivity contribution in [2.24, 2.45) is 16.5 Å². The predicted octanol–water partition coefficient (Wildman–Crippen LogP) is 2.99. The Bertz CT molecular complexity index is 1290. The van der Waals surface area contributed by atoms with Gasteiger partial charge in [-0.05, 0) is 34.4 Å². The van der Waals surface area contributed by atoms with Crippen molar-refractivity contribution in [3.05, 3.63) is 95.0 Å². The maximum absolute atomic E-state index is 12.7. The number of nitrogens with two attached hydrogens (primary N) is 2. The van der Waals surface area contributed by atoms with E-state index < -0.39 is 30.6 Å². The fraction of sp³-hybridized carbons (Fsp3) is 0.355. The molecule has 1 aliphatic heterocycles. The first-order valence-electron chi connectivity index (χ1n) is 13.6. The fourth-order valence-electron chi connectivity index (χ4n) is 4.65. The van der Waals surface area contributed by atoms with Gasteiger partial charge in [-0.3, -0.25) is 9.79 Å². The number of amides is 1. The summed E-state index contributed by atoms with van der Waals surface area (Å²) in [4.78, 5) is 16.5. The summed E-state index contributed by atoms with van der Waals surface area (Å²) in [6.07, 6.45) is -3.63. The number of hydrogen-bond donors (Lipinski definition) is 4. The van der Waals surface area contributed by atoms with Crippen LogP contribution in [0.25, 0.3) is 11.1 Å². The van der Waals surface area contributed by atoms with Crippen LogP contribution < -0.4 is 16.8 Å². The number of aliphatic hydroxyl groups excluding tert-OH is 1. The molecule has 1 unspecified atom stereocenters. The van der Waals surface area contributed by atoms with Crippen LogP contribution in [0.3, 0.4) is 0 Å². The number of guanidine groups is 1. The molecule has 4 rings (SSSR count). The van der Waals surface area contributed by atoms with Gasteiger partial charge >= 0.3 is 0 Å².